The van der Waals surface area contributed by atoms with Crippen LogP contribution in [0.3, 0.4) is 0 Å². The molecule has 0 spiro atoms. The van der Waals surface area contributed by atoms with Crippen LogP contribution in [0.2, 0.25) is 5.02 Å². The molecule has 1 unspecified atom stereocenters. The van der Waals surface area contributed by atoms with Crippen molar-refractivity contribution in [2.45, 2.75) is 24.8 Å². The van der Waals surface area contributed by atoms with Crippen molar-refractivity contribution in [2.75, 3.05) is 20.8 Å². The topological polar surface area (TPSA) is 112 Å². The smallest absolute Gasteiger partial charge is 0.339 e. The first-order valence-corrected chi connectivity index (χ1v) is 12.6. The molecule has 9 nitrogen and oxygen atoms in total. The van der Waals surface area contributed by atoms with E-state index in [-0.39, 0.29) is 22.0 Å². The Labute approximate surface area is 214 Å². The molecule has 3 rings (SSSR count). The van der Waals surface area contributed by atoms with E-state index < -0.39 is 34.5 Å². The van der Waals surface area contributed by atoms with Gasteiger partial charge in [0.25, 0.3) is 0 Å². The summed E-state index contributed by atoms with van der Waals surface area (Å²) < 4.78 is 43.5. The zero-order chi connectivity index (χ0) is 26.5. The maximum atomic E-state index is 13.6. The van der Waals surface area contributed by atoms with Crippen molar-refractivity contribution in [1.82, 2.24) is 9.29 Å². The number of hydrogen-bond donors (Lipinski definition) is 0. The van der Waals surface area contributed by atoms with Gasteiger partial charge in [-0.1, -0.05) is 29.3 Å². The molecule has 0 amide bonds. The lowest BCUT2D eigenvalue weighted by Crippen LogP contribution is -2.39. The summed E-state index contributed by atoms with van der Waals surface area (Å²) in [5.41, 5.74) is 0.915. The number of hydrogen-bond acceptors (Lipinski definition) is 8. The highest BCUT2D eigenvalue weighted by Gasteiger charge is 2.35. The Kier molecular flexibility index (Phi) is 8.67. The van der Waals surface area contributed by atoms with Crippen molar-refractivity contribution >= 4 is 33.6 Å². The number of aryl methyl sites for hydroxylation is 1. The first-order valence-electron chi connectivity index (χ1n) is 10.7. The molecule has 1 heterocycles. The molecule has 3 aromatic rings. The molecule has 0 saturated carbocycles. The van der Waals surface area contributed by atoms with Crippen molar-refractivity contribution in [3.63, 3.8) is 0 Å². The highest BCUT2D eigenvalue weighted by molar-refractivity contribution is 7.89. The highest BCUT2D eigenvalue weighted by atomic mass is 35.5. The van der Waals surface area contributed by atoms with Crippen LogP contribution in [-0.4, -0.2) is 50.4 Å². The van der Waals surface area contributed by atoms with Gasteiger partial charge in [0, 0.05) is 11.1 Å². The molecule has 0 aliphatic rings. The molecular weight excluding hydrogens is 508 g/mol. The molecule has 0 N–H and O–H groups in total. The molecule has 1 atom stereocenters. The minimum atomic E-state index is -4.21. The van der Waals surface area contributed by atoms with E-state index in [1.165, 1.54) is 38.3 Å². The van der Waals surface area contributed by atoms with Crippen LogP contribution in [0.15, 0.2) is 65.6 Å². The minimum Gasteiger partial charge on any atom is -0.468 e. The number of carbonyl (C=O) groups excluding carboxylic acids is 2. The SMILES string of the molecule is COC(=O)CN(C(C)c1nc(Oc2ccc(Cl)cc2)ccc1C(=O)OC)S(=O)(=O)c1ccc(C)cc1. The lowest BCUT2D eigenvalue weighted by molar-refractivity contribution is -0.141. The number of benzene rings is 2. The van der Waals surface area contributed by atoms with Crippen LogP contribution in [0.1, 0.15) is 34.6 Å². The molecule has 11 heteroatoms. The summed E-state index contributed by atoms with van der Waals surface area (Å²) in [5, 5.41) is 0.519. The molecule has 0 aliphatic carbocycles. The third-order valence-electron chi connectivity index (χ3n) is 5.31. The number of rotatable bonds is 9. The average molecular weight is 533 g/mol. The lowest BCUT2D eigenvalue weighted by atomic mass is 10.1. The number of esters is 2. The largest absolute Gasteiger partial charge is 0.468 e. The Bertz CT molecular complexity index is 1340. The van der Waals surface area contributed by atoms with Crippen LogP contribution >= 0.6 is 11.6 Å². The van der Waals surface area contributed by atoms with Gasteiger partial charge >= 0.3 is 11.9 Å². The second-order valence-electron chi connectivity index (χ2n) is 7.75. The quantitative estimate of drug-likeness (QED) is 0.369. The van der Waals surface area contributed by atoms with E-state index in [4.69, 9.17) is 25.8 Å². The van der Waals surface area contributed by atoms with Gasteiger partial charge in [0.1, 0.15) is 12.3 Å². The summed E-state index contributed by atoms with van der Waals surface area (Å²) in [4.78, 5) is 29.1. The zero-order valence-corrected chi connectivity index (χ0v) is 21.7. The fourth-order valence-corrected chi connectivity index (χ4v) is 5.01. The molecule has 0 radical (unpaired) electrons. The summed E-state index contributed by atoms with van der Waals surface area (Å²) in [6.45, 7) is 2.72. The third kappa shape index (κ3) is 6.20. The molecule has 190 valence electrons. The molecule has 1 aromatic heterocycles. The Morgan fingerprint density at radius 2 is 1.61 bits per heavy atom. The van der Waals surface area contributed by atoms with Crippen LogP contribution in [0.25, 0.3) is 0 Å². The molecular formula is C25H25ClN2O7S. The van der Waals surface area contributed by atoms with Crippen molar-refractivity contribution in [3.05, 3.63) is 82.5 Å². The maximum absolute atomic E-state index is 13.6. The van der Waals surface area contributed by atoms with Gasteiger partial charge < -0.3 is 14.2 Å². The second kappa shape index (κ2) is 11.5. The van der Waals surface area contributed by atoms with Crippen LogP contribution in [0, 0.1) is 6.92 Å². The lowest BCUT2D eigenvalue weighted by Gasteiger charge is -2.28. The molecule has 0 bridgehead atoms. The summed E-state index contributed by atoms with van der Waals surface area (Å²) in [6.07, 6.45) is 0. The van der Waals surface area contributed by atoms with E-state index in [1.54, 1.807) is 36.4 Å². The van der Waals surface area contributed by atoms with E-state index in [0.717, 1.165) is 17.0 Å². The molecule has 0 aliphatic heterocycles. The van der Waals surface area contributed by atoms with Crippen molar-refractivity contribution < 1.29 is 32.2 Å². The normalized spacial score (nSPS) is 12.2. The number of pyridine rings is 1. The predicted molar refractivity (Wildman–Crippen MR) is 133 cm³/mol. The fourth-order valence-electron chi connectivity index (χ4n) is 3.34. The summed E-state index contributed by atoms with van der Waals surface area (Å²) >= 11 is 5.92. The first kappa shape index (κ1) is 27.1. The number of ether oxygens (including phenoxy) is 3. The van der Waals surface area contributed by atoms with E-state index in [0.29, 0.717) is 10.8 Å². The van der Waals surface area contributed by atoms with Crippen molar-refractivity contribution in [1.29, 1.82) is 0 Å². The van der Waals surface area contributed by atoms with Crippen LogP contribution in [0.4, 0.5) is 0 Å². The first-order chi connectivity index (χ1) is 17.1. The number of sulfonamides is 1. The van der Waals surface area contributed by atoms with Gasteiger partial charge in [0.15, 0.2) is 0 Å². The van der Waals surface area contributed by atoms with Crippen LogP contribution in [0.5, 0.6) is 11.6 Å². The Morgan fingerprint density at radius 1 is 0.972 bits per heavy atom. The summed E-state index contributed by atoms with van der Waals surface area (Å²) in [5.74, 6) is -0.994. The average Bonchev–Trinajstić information content (AvgIpc) is 2.87. The van der Waals surface area contributed by atoms with Gasteiger partial charge in [0.05, 0.1) is 36.4 Å². The van der Waals surface area contributed by atoms with Gasteiger partial charge in [-0.2, -0.15) is 4.31 Å². The number of aromatic nitrogens is 1. The van der Waals surface area contributed by atoms with Gasteiger partial charge in [-0.05, 0) is 56.3 Å². The van der Waals surface area contributed by atoms with E-state index in [1.807, 2.05) is 6.92 Å². The summed E-state index contributed by atoms with van der Waals surface area (Å²) in [7, 11) is -1.86. The molecule has 0 saturated heterocycles. The number of nitrogens with zero attached hydrogens (tertiary/aromatic N) is 2. The molecule has 36 heavy (non-hydrogen) atoms. The van der Waals surface area contributed by atoms with E-state index >= 15 is 0 Å². The van der Waals surface area contributed by atoms with Gasteiger partial charge in [-0.15, -0.1) is 0 Å². The van der Waals surface area contributed by atoms with E-state index in [9.17, 15) is 18.0 Å². The third-order valence-corrected chi connectivity index (χ3v) is 7.49. The fraction of sp³-hybridized carbons (Fsp3) is 0.240. The minimum absolute atomic E-state index is 0.0161. The van der Waals surface area contributed by atoms with Crippen molar-refractivity contribution in [3.8, 4) is 11.6 Å². The summed E-state index contributed by atoms with van der Waals surface area (Å²) in [6, 6.07) is 14.5. The molecule has 2 aromatic carbocycles. The second-order valence-corrected chi connectivity index (χ2v) is 10.1. The maximum Gasteiger partial charge on any atom is 0.339 e. The number of methoxy groups -OCH3 is 2. The Hall–Kier alpha value is -3.47. The van der Waals surface area contributed by atoms with E-state index in [2.05, 4.69) is 4.98 Å². The standard InChI is InChI=1S/C25H25ClN2O7S/c1-16-5-11-20(12-6-16)36(31,32)28(15-23(29)33-3)17(2)24-21(25(30)34-4)13-14-22(27-24)35-19-9-7-18(26)8-10-19/h5-14,17H,15H2,1-4H3. The van der Waals surface area contributed by atoms with Crippen molar-refractivity contribution in [2.24, 2.45) is 0 Å². The zero-order valence-electron chi connectivity index (χ0n) is 20.1. The number of halogens is 1. The van der Waals surface area contributed by atoms with Crippen LogP contribution in [-0.2, 0) is 24.3 Å². The van der Waals surface area contributed by atoms with Gasteiger partial charge in [-0.25, -0.2) is 18.2 Å². The van der Waals surface area contributed by atoms with Gasteiger partial charge in [-0.3, -0.25) is 4.79 Å². The monoisotopic (exact) mass is 532 g/mol. The van der Waals surface area contributed by atoms with Crippen LogP contribution < -0.4 is 4.74 Å². The Balaban J connectivity index is 2.10. The number of carbonyl (C=O) groups is 2. The molecule has 0 fully saturated rings. The highest BCUT2D eigenvalue weighted by Crippen LogP contribution is 2.31. The Morgan fingerprint density at radius 3 is 2.19 bits per heavy atom. The van der Waals surface area contributed by atoms with Gasteiger partial charge in [0.2, 0.25) is 15.9 Å². The predicted octanol–water partition coefficient (Wildman–Crippen LogP) is 4.55.